The Bertz CT molecular complexity index is 517. The van der Waals surface area contributed by atoms with E-state index in [0.29, 0.717) is 0 Å². The molecule has 0 saturated carbocycles. The van der Waals surface area contributed by atoms with Gasteiger partial charge in [-0.3, -0.25) is 0 Å². The zero-order chi connectivity index (χ0) is 18.9. The van der Waals surface area contributed by atoms with Crippen molar-refractivity contribution < 1.29 is 10.2 Å². The van der Waals surface area contributed by atoms with E-state index in [9.17, 15) is 10.2 Å². The topological polar surface area (TPSA) is 40.5 Å². The molecule has 0 radical (unpaired) electrons. The number of phenolic OH excluding ortho intramolecular Hbond substituents is 2. The summed E-state index contributed by atoms with van der Waals surface area (Å²) in [6.07, 6.45) is 25.3. The lowest BCUT2D eigenvalue weighted by Gasteiger charge is -2.04. The first-order chi connectivity index (χ1) is 12.7. The zero-order valence-corrected chi connectivity index (χ0v) is 16.6. The molecule has 1 rings (SSSR count). The maximum atomic E-state index is 9.48. The van der Waals surface area contributed by atoms with Gasteiger partial charge in [-0.1, -0.05) is 82.2 Å². The third-order valence-electron chi connectivity index (χ3n) is 4.69. The summed E-state index contributed by atoms with van der Waals surface area (Å²) in [6.45, 7) is 2.21. The van der Waals surface area contributed by atoms with Crippen molar-refractivity contribution in [2.45, 2.75) is 90.4 Å². The van der Waals surface area contributed by atoms with Crippen LogP contribution in [0.4, 0.5) is 0 Å². The van der Waals surface area contributed by atoms with Crippen LogP contribution >= 0.6 is 0 Å². The van der Waals surface area contributed by atoms with Gasteiger partial charge in [0.15, 0.2) is 11.5 Å². The molecule has 0 aromatic heterocycles. The minimum absolute atomic E-state index is 0.00898. The van der Waals surface area contributed by atoms with E-state index >= 15 is 0 Å². The van der Waals surface area contributed by atoms with Crippen LogP contribution in [0.2, 0.25) is 0 Å². The number of rotatable bonds is 15. The minimum atomic E-state index is -0.0342. The maximum absolute atomic E-state index is 9.48. The van der Waals surface area contributed by atoms with Gasteiger partial charge in [-0.25, -0.2) is 0 Å². The normalized spacial score (nSPS) is 11.7. The average Bonchev–Trinajstić information content (AvgIpc) is 2.64. The van der Waals surface area contributed by atoms with Gasteiger partial charge in [-0.2, -0.15) is 0 Å². The summed E-state index contributed by atoms with van der Waals surface area (Å²) in [5, 5.41) is 18.8. The van der Waals surface area contributed by atoms with Crippen LogP contribution in [0.1, 0.15) is 89.5 Å². The highest BCUT2D eigenvalue weighted by Crippen LogP contribution is 2.25. The van der Waals surface area contributed by atoms with E-state index < -0.39 is 0 Å². The van der Waals surface area contributed by atoms with Crippen LogP contribution in [0.5, 0.6) is 11.5 Å². The second-order valence-corrected chi connectivity index (χ2v) is 7.16. The van der Waals surface area contributed by atoms with Crippen molar-refractivity contribution in [2.75, 3.05) is 0 Å². The summed E-state index contributed by atoms with van der Waals surface area (Å²) in [4.78, 5) is 0. The van der Waals surface area contributed by atoms with Crippen LogP contribution in [-0.2, 0) is 6.42 Å². The van der Waals surface area contributed by atoms with Crippen LogP contribution in [0, 0.1) is 0 Å². The summed E-state index contributed by atoms with van der Waals surface area (Å²) < 4.78 is 0. The fraction of sp³-hybridized carbons (Fsp3) is 0.583. The highest BCUT2D eigenvalue weighted by atomic mass is 16.3. The Morgan fingerprint density at radius 3 is 1.96 bits per heavy atom. The highest BCUT2D eigenvalue weighted by Gasteiger charge is 2.00. The molecule has 26 heavy (non-hydrogen) atoms. The Hall–Kier alpha value is -1.70. The van der Waals surface area contributed by atoms with E-state index in [1.54, 1.807) is 12.1 Å². The fourth-order valence-corrected chi connectivity index (χ4v) is 3.05. The van der Waals surface area contributed by atoms with E-state index in [0.717, 1.165) is 24.8 Å². The van der Waals surface area contributed by atoms with Crippen molar-refractivity contribution in [1.29, 1.82) is 0 Å². The first-order valence-electron chi connectivity index (χ1n) is 10.5. The highest BCUT2D eigenvalue weighted by molar-refractivity contribution is 5.40. The first kappa shape index (κ1) is 22.3. The van der Waals surface area contributed by atoms with Gasteiger partial charge in [0, 0.05) is 0 Å². The summed E-state index contributed by atoms with van der Waals surface area (Å²) in [6, 6.07) is 5.14. The lowest BCUT2D eigenvalue weighted by atomic mass is 10.0. The molecule has 2 N–H and O–H groups in total. The van der Waals surface area contributed by atoms with Crippen LogP contribution < -0.4 is 0 Å². The van der Waals surface area contributed by atoms with E-state index in [-0.39, 0.29) is 11.5 Å². The van der Waals surface area contributed by atoms with Crippen molar-refractivity contribution in [3.05, 3.63) is 48.1 Å². The second-order valence-electron chi connectivity index (χ2n) is 7.16. The van der Waals surface area contributed by atoms with Crippen molar-refractivity contribution in [3.63, 3.8) is 0 Å². The molecule has 0 unspecified atom stereocenters. The van der Waals surface area contributed by atoms with Crippen molar-refractivity contribution >= 4 is 0 Å². The number of benzene rings is 1. The molecule has 2 heteroatoms. The molecule has 146 valence electrons. The molecule has 0 spiro atoms. The number of allylic oxidation sites excluding steroid dienone is 4. The van der Waals surface area contributed by atoms with Crippen molar-refractivity contribution in [1.82, 2.24) is 0 Å². The fourth-order valence-electron chi connectivity index (χ4n) is 3.05. The number of hydrogen-bond donors (Lipinski definition) is 2. The third kappa shape index (κ3) is 11.8. The Morgan fingerprint density at radius 2 is 1.31 bits per heavy atom. The standard InChI is InChI=1S/C24H38O2/c1-2-3-4-5-6-7-8-9-10-11-12-13-14-15-16-17-18-22-19-20-23(25)24(26)21-22/h4-5,7-8,19-21,25-26H,2-3,6,9-18H2,1H3/b5-4-,8-7-. The molecule has 0 aliphatic heterocycles. The van der Waals surface area contributed by atoms with Crippen LogP contribution in [0.25, 0.3) is 0 Å². The van der Waals surface area contributed by atoms with Gasteiger partial charge in [0.2, 0.25) is 0 Å². The SMILES string of the molecule is CCC/C=C\C/C=C\CCCCCCCCCCc1ccc(O)c(O)c1. The zero-order valence-electron chi connectivity index (χ0n) is 16.6. The summed E-state index contributed by atoms with van der Waals surface area (Å²) in [5.74, 6) is -0.0432. The second kappa shape index (κ2) is 15.5. The molecule has 0 fully saturated rings. The molecule has 0 saturated heterocycles. The monoisotopic (exact) mass is 358 g/mol. The minimum Gasteiger partial charge on any atom is -0.504 e. The van der Waals surface area contributed by atoms with Gasteiger partial charge < -0.3 is 10.2 Å². The largest absolute Gasteiger partial charge is 0.504 e. The number of aromatic hydroxyl groups is 2. The van der Waals surface area contributed by atoms with E-state index in [1.807, 2.05) is 6.07 Å². The van der Waals surface area contributed by atoms with Gasteiger partial charge >= 0.3 is 0 Å². The quantitative estimate of drug-likeness (QED) is 0.194. The predicted octanol–water partition coefficient (Wildman–Crippen LogP) is 7.45. The maximum Gasteiger partial charge on any atom is 0.157 e. The van der Waals surface area contributed by atoms with E-state index in [2.05, 4.69) is 31.2 Å². The molecule has 0 amide bonds. The molecule has 0 bridgehead atoms. The predicted molar refractivity (Wildman–Crippen MR) is 113 cm³/mol. The van der Waals surface area contributed by atoms with Gasteiger partial charge in [-0.05, 0) is 56.2 Å². The number of hydrogen-bond acceptors (Lipinski definition) is 2. The molecular weight excluding hydrogens is 320 g/mol. The summed E-state index contributed by atoms with van der Waals surface area (Å²) >= 11 is 0. The van der Waals surface area contributed by atoms with Gasteiger partial charge in [0.05, 0.1) is 0 Å². The number of unbranched alkanes of at least 4 members (excludes halogenated alkanes) is 9. The molecular formula is C24H38O2. The Morgan fingerprint density at radius 1 is 0.692 bits per heavy atom. The smallest absolute Gasteiger partial charge is 0.157 e. The molecule has 0 heterocycles. The van der Waals surface area contributed by atoms with E-state index in [4.69, 9.17) is 0 Å². The molecule has 2 nitrogen and oxygen atoms in total. The lowest BCUT2D eigenvalue weighted by Crippen LogP contribution is -1.86. The van der Waals surface area contributed by atoms with Crippen molar-refractivity contribution in [2.24, 2.45) is 0 Å². The Balaban J connectivity index is 1.86. The molecule has 1 aromatic rings. The van der Waals surface area contributed by atoms with Gasteiger partial charge in [0.1, 0.15) is 0 Å². The van der Waals surface area contributed by atoms with Crippen LogP contribution in [-0.4, -0.2) is 10.2 Å². The van der Waals surface area contributed by atoms with Crippen LogP contribution in [0.3, 0.4) is 0 Å². The number of phenols is 2. The molecule has 0 aliphatic carbocycles. The first-order valence-corrected chi connectivity index (χ1v) is 10.5. The third-order valence-corrected chi connectivity index (χ3v) is 4.69. The van der Waals surface area contributed by atoms with Gasteiger partial charge in [-0.15, -0.1) is 0 Å². The van der Waals surface area contributed by atoms with Crippen molar-refractivity contribution in [3.8, 4) is 11.5 Å². The van der Waals surface area contributed by atoms with Gasteiger partial charge in [0.25, 0.3) is 0 Å². The Labute approximate surface area is 160 Å². The lowest BCUT2D eigenvalue weighted by molar-refractivity contribution is 0.403. The van der Waals surface area contributed by atoms with Crippen LogP contribution in [0.15, 0.2) is 42.5 Å². The van der Waals surface area contributed by atoms with E-state index in [1.165, 1.54) is 64.2 Å². The summed E-state index contributed by atoms with van der Waals surface area (Å²) in [5.41, 5.74) is 1.11. The average molecular weight is 359 g/mol. The summed E-state index contributed by atoms with van der Waals surface area (Å²) in [7, 11) is 0. The molecule has 0 aliphatic rings. The Kier molecular flexibility index (Phi) is 13.4. The number of aryl methyl sites for hydroxylation is 1. The molecule has 1 aromatic carbocycles. The molecule has 0 atom stereocenters.